The minimum atomic E-state index is -0.182. The van der Waals surface area contributed by atoms with Gasteiger partial charge in [0, 0.05) is 17.8 Å². The summed E-state index contributed by atoms with van der Waals surface area (Å²) in [5, 5.41) is 6.09. The van der Waals surface area contributed by atoms with E-state index in [1.54, 1.807) is 30.5 Å². The molecule has 0 radical (unpaired) electrons. The fraction of sp³-hybridized carbons (Fsp3) is 0.174. The summed E-state index contributed by atoms with van der Waals surface area (Å²) in [6, 6.07) is 20.9. The summed E-state index contributed by atoms with van der Waals surface area (Å²) in [5.74, 6) is -0.167. The molecule has 0 saturated heterocycles. The standard InChI is InChI=1S/C23H23N3O2/c1-17(27)19-10-5-11-20(15-19)26-21-12-13-22(25-16-21)23(28)24-14-6-9-18-7-3-2-4-8-18/h2-5,7-8,10-13,15-16,26H,6,9,14H2,1H3,(H,24,28). The number of pyridine rings is 1. The first kappa shape index (κ1) is 19.3. The summed E-state index contributed by atoms with van der Waals surface area (Å²) in [7, 11) is 0. The number of anilines is 2. The van der Waals surface area contributed by atoms with Gasteiger partial charge in [-0.15, -0.1) is 0 Å². The minimum absolute atomic E-state index is 0.0149. The molecule has 5 heteroatoms. The van der Waals surface area contributed by atoms with E-state index >= 15 is 0 Å². The Morgan fingerprint density at radius 3 is 2.46 bits per heavy atom. The lowest BCUT2D eigenvalue weighted by Gasteiger charge is -2.08. The lowest BCUT2D eigenvalue weighted by molar-refractivity contribution is 0.0947. The first-order chi connectivity index (χ1) is 13.6. The highest BCUT2D eigenvalue weighted by Gasteiger charge is 2.07. The van der Waals surface area contributed by atoms with Crippen molar-refractivity contribution in [2.24, 2.45) is 0 Å². The van der Waals surface area contributed by atoms with Gasteiger partial charge < -0.3 is 10.6 Å². The number of carbonyl (C=O) groups is 2. The third-order valence-electron chi connectivity index (χ3n) is 4.32. The van der Waals surface area contributed by atoms with Crippen LogP contribution in [0.25, 0.3) is 0 Å². The van der Waals surface area contributed by atoms with Crippen molar-refractivity contribution in [3.63, 3.8) is 0 Å². The van der Waals surface area contributed by atoms with Crippen LogP contribution in [0.5, 0.6) is 0 Å². The van der Waals surface area contributed by atoms with Crippen LogP contribution >= 0.6 is 0 Å². The number of amides is 1. The van der Waals surface area contributed by atoms with Crippen molar-refractivity contribution in [1.29, 1.82) is 0 Å². The SMILES string of the molecule is CC(=O)c1cccc(Nc2ccc(C(=O)NCCCc3ccccc3)nc2)c1. The zero-order valence-electron chi connectivity index (χ0n) is 15.8. The molecule has 0 saturated carbocycles. The predicted octanol–water partition coefficient (Wildman–Crippen LogP) is 4.39. The normalized spacial score (nSPS) is 10.3. The van der Waals surface area contributed by atoms with E-state index < -0.39 is 0 Å². The molecule has 0 aliphatic carbocycles. The molecule has 0 fully saturated rings. The first-order valence-corrected chi connectivity index (χ1v) is 9.28. The fourth-order valence-electron chi connectivity index (χ4n) is 2.81. The molecule has 0 unspecified atom stereocenters. The van der Waals surface area contributed by atoms with E-state index in [0.717, 1.165) is 24.2 Å². The van der Waals surface area contributed by atoms with Crippen LogP contribution < -0.4 is 10.6 Å². The molecule has 0 spiro atoms. The minimum Gasteiger partial charge on any atom is -0.354 e. The highest BCUT2D eigenvalue weighted by molar-refractivity contribution is 5.95. The Hall–Kier alpha value is -3.47. The number of hydrogen-bond acceptors (Lipinski definition) is 4. The maximum absolute atomic E-state index is 12.2. The monoisotopic (exact) mass is 373 g/mol. The van der Waals surface area contributed by atoms with Gasteiger partial charge in [-0.3, -0.25) is 9.59 Å². The van der Waals surface area contributed by atoms with E-state index in [9.17, 15) is 9.59 Å². The maximum atomic E-state index is 12.2. The first-order valence-electron chi connectivity index (χ1n) is 9.28. The van der Waals surface area contributed by atoms with Gasteiger partial charge in [-0.2, -0.15) is 0 Å². The van der Waals surface area contributed by atoms with Crippen LogP contribution in [0.2, 0.25) is 0 Å². The predicted molar refractivity (Wildman–Crippen MR) is 111 cm³/mol. The Bertz CT molecular complexity index is 938. The van der Waals surface area contributed by atoms with Gasteiger partial charge >= 0.3 is 0 Å². The molecule has 142 valence electrons. The largest absolute Gasteiger partial charge is 0.354 e. The third-order valence-corrected chi connectivity index (χ3v) is 4.32. The van der Waals surface area contributed by atoms with E-state index in [2.05, 4.69) is 27.8 Å². The zero-order chi connectivity index (χ0) is 19.8. The van der Waals surface area contributed by atoms with Gasteiger partial charge in [-0.1, -0.05) is 42.5 Å². The number of Topliss-reactive ketones (excluding diaryl/α,β-unsaturated/α-hetero) is 1. The van der Waals surface area contributed by atoms with Crippen molar-refractivity contribution < 1.29 is 9.59 Å². The van der Waals surface area contributed by atoms with Crippen LogP contribution in [0.1, 0.15) is 39.8 Å². The molecule has 1 heterocycles. The second kappa shape index (κ2) is 9.46. The van der Waals surface area contributed by atoms with Crippen molar-refractivity contribution in [3.8, 4) is 0 Å². The van der Waals surface area contributed by atoms with Crippen molar-refractivity contribution >= 4 is 23.1 Å². The Labute approximate surface area is 164 Å². The lowest BCUT2D eigenvalue weighted by atomic mass is 10.1. The molecule has 3 rings (SSSR count). The number of benzene rings is 2. The average molecular weight is 373 g/mol. The van der Waals surface area contributed by atoms with Gasteiger partial charge in [0.25, 0.3) is 5.91 Å². The van der Waals surface area contributed by atoms with Crippen molar-refractivity contribution in [1.82, 2.24) is 10.3 Å². The number of ketones is 1. The summed E-state index contributed by atoms with van der Waals surface area (Å²) in [4.78, 5) is 27.9. The zero-order valence-corrected chi connectivity index (χ0v) is 15.8. The second-order valence-corrected chi connectivity index (χ2v) is 6.54. The Balaban J connectivity index is 1.50. The number of rotatable bonds is 8. The van der Waals surface area contributed by atoms with Crippen LogP contribution in [-0.4, -0.2) is 23.2 Å². The molecular weight excluding hydrogens is 350 g/mol. The van der Waals surface area contributed by atoms with Gasteiger partial charge in [0.05, 0.1) is 11.9 Å². The third kappa shape index (κ3) is 5.51. The Kier molecular flexibility index (Phi) is 6.52. The molecule has 0 atom stereocenters. The molecule has 0 bridgehead atoms. The smallest absolute Gasteiger partial charge is 0.269 e. The molecule has 0 aliphatic rings. The molecule has 1 amide bonds. The molecule has 28 heavy (non-hydrogen) atoms. The van der Waals surface area contributed by atoms with Crippen LogP contribution in [0, 0.1) is 0 Å². The lowest BCUT2D eigenvalue weighted by Crippen LogP contribution is -2.25. The summed E-state index contributed by atoms with van der Waals surface area (Å²) in [6.45, 7) is 2.14. The van der Waals surface area contributed by atoms with Crippen molar-refractivity contribution in [2.45, 2.75) is 19.8 Å². The molecule has 2 N–H and O–H groups in total. The number of nitrogens with one attached hydrogen (secondary N) is 2. The quantitative estimate of drug-likeness (QED) is 0.454. The van der Waals surface area contributed by atoms with E-state index in [4.69, 9.17) is 0 Å². The maximum Gasteiger partial charge on any atom is 0.269 e. The van der Waals surface area contributed by atoms with E-state index in [0.29, 0.717) is 17.8 Å². The second-order valence-electron chi connectivity index (χ2n) is 6.54. The van der Waals surface area contributed by atoms with Crippen LogP contribution in [0.3, 0.4) is 0 Å². The summed E-state index contributed by atoms with van der Waals surface area (Å²) < 4.78 is 0. The highest BCUT2D eigenvalue weighted by Crippen LogP contribution is 2.17. The molecule has 3 aromatic rings. The molecule has 0 aliphatic heterocycles. The van der Waals surface area contributed by atoms with Gasteiger partial charge in [-0.25, -0.2) is 4.98 Å². The number of hydrogen-bond donors (Lipinski definition) is 2. The Morgan fingerprint density at radius 1 is 0.929 bits per heavy atom. The Morgan fingerprint density at radius 2 is 1.75 bits per heavy atom. The fourth-order valence-corrected chi connectivity index (χ4v) is 2.81. The van der Waals surface area contributed by atoms with Crippen molar-refractivity contribution in [3.05, 3.63) is 89.7 Å². The summed E-state index contributed by atoms with van der Waals surface area (Å²) in [6.07, 6.45) is 3.41. The van der Waals surface area contributed by atoms with Gasteiger partial charge in [0.1, 0.15) is 5.69 Å². The topological polar surface area (TPSA) is 71.1 Å². The number of nitrogens with zero attached hydrogens (tertiary/aromatic N) is 1. The van der Waals surface area contributed by atoms with Crippen LogP contribution in [-0.2, 0) is 6.42 Å². The van der Waals surface area contributed by atoms with Crippen molar-refractivity contribution in [2.75, 3.05) is 11.9 Å². The molecule has 2 aromatic carbocycles. The number of carbonyl (C=O) groups excluding carboxylic acids is 2. The molecule has 1 aromatic heterocycles. The molecular formula is C23H23N3O2. The van der Waals surface area contributed by atoms with E-state index in [-0.39, 0.29) is 11.7 Å². The highest BCUT2D eigenvalue weighted by atomic mass is 16.1. The van der Waals surface area contributed by atoms with E-state index in [1.165, 1.54) is 12.5 Å². The molecule has 5 nitrogen and oxygen atoms in total. The summed E-state index contributed by atoms with van der Waals surface area (Å²) >= 11 is 0. The van der Waals surface area contributed by atoms with Crippen LogP contribution in [0.15, 0.2) is 72.9 Å². The van der Waals surface area contributed by atoms with E-state index in [1.807, 2.05) is 30.3 Å². The van der Waals surface area contributed by atoms with Crippen LogP contribution in [0.4, 0.5) is 11.4 Å². The van der Waals surface area contributed by atoms with Gasteiger partial charge in [0.15, 0.2) is 5.78 Å². The van der Waals surface area contributed by atoms with Gasteiger partial charge in [-0.05, 0) is 49.6 Å². The summed E-state index contributed by atoms with van der Waals surface area (Å²) in [5.41, 5.74) is 3.83. The number of aromatic nitrogens is 1. The van der Waals surface area contributed by atoms with Gasteiger partial charge in [0.2, 0.25) is 0 Å². The number of aryl methyl sites for hydroxylation is 1. The average Bonchev–Trinajstić information content (AvgIpc) is 2.72.